The molecule has 6 nitrogen and oxygen atoms in total. The number of aryl methyl sites for hydroxylation is 1. The Bertz CT molecular complexity index is 432. The van der Waals surface area contributed by atoms with Crippen molar-refractivity contribution in [2.45, 2.75) is 19.0 Å². The maximum atomic E-state index is 10.5. The first-order valence-corrected chi connectivity index (χ1v) is 5.74. The lowest BCUT2D eigenvalue weighted by molar-refractivity contribution is 0.249. The summed E-state index contributed by atoms with van der Waals surface area (Å²) in [5.74, 6) is 0. The normalized spacial score (nSPS) is 11.3. The standard InChI is InChI=1S/C9H13N5OS/c1-5-7(4-11-9(12-5)16-3)6(2)13-14-8(10)15/h4H,1-3H3,(H3,10,14,15)/b13-6+. The van der Waals surface area contributed by atoms with Crippen molar-refractivity contribution in [2.24, 2.45) is 10.8 Å². The number of rotatable bonds is 3. The smallest absolute Gasteiger partial charge is 0.332 e. The second kappa shape index (κ2) is 5.45. The van der Waals surface area contributed by atoms with Gasteiger partial charge in [-0.05, 0) is 20.1 Å². The molecule has 0 saturated carbocycles. The first-order valence-electron chi connectivity index (χ1n) is 4.52. The van der Waals surface area contributed by atoms with E-state index in [1.54, 1.807) is 13.1 Å². The highest BCUT2D eigenvalue weighted by molar-refractivity contribution is 7.98. The van der Waals surface area contributed by atoms with Crippen molar-refractivity contribution in [1.29, 1.82) is 0 Å². The number of amides is 2. The van der Waals surface area contributed by atoms with Crippen LogP contribution in [0, 0.1) is 6.92 Å². The molecule has 3 N–H and O–H groups in total. The molecule has 86 valence electrons. The highest BCUT2D eigenvalue weighted by Crippen LogP contribution is 2.11. The van der Waals surface area contributed by atoms with Crippen molar-refractivity contribution in [3.63, 3.8) is 0 Å². The third-order valence-electron chi connectivity index (χ3n) is 1.86. The van der Waals surface area contributed by atoms with Crippen LogP contribution >= 0.6 is 11.8 Å². The van der Waals surface area contributed by atoms with E-state index in [0.29, 0.717) is 10.9 Å². The van der Waals surface area contributed by atoms with Gasteiger partial charge < -0.3 is 5.73 Å². The summed E-state index contributed by atoms with van der Waals surface area (Å²) < 4.78 is 0. The molecule has 0 fully saturated rings. The van der Waals surface area contributed by atoms with E-state index in [2.05, 4.69) is 20.5 Å². The molecule has 0 unspecified atom stereocenters. The van der Waals surface area contributed by atoms with Crippen LogP contribution < -0.4 is 11.2 Å². The summed E-state index contributed by atoms with van der Waals surface area (Å²) >= 11 is 1.47. The van der Waals surface area contributed by atoms with E-state index in [4.69, 9.17) is 5.73 Å². The fourth-order valence-electron chi connectivity index (χ4n) is 1.10. The number of carbonyl (C=O) groups excluding carboxylic acids is 1. The number of thioether (sulfide) groups is 1. The fraction of sp³-hybridized carbons (Fsp3) is 0.333. The van der Waals surface area contributed by atoms with Gasteiger partial charge in [-0.3, -0.25) is 0 Å². The summed E-state index contributed by atoms with van der Waals surface area (Å²) in [6, 6.07) is -0.696. The van der Waals surface area contributed by atoms with Gasteiger partial charge in [0.25, 0.3) is 0 Å². The predicted octanol–water partition coefficient (Wildman–Crippen LogP) is 0.899. The molecule has 1 heterocycles. The number of hydrogen-bond donors (Lipinski definition) is 2. The number of carbonyl (C=O) groups is 1. The molecule has 0 radical (unpaired) electrons. The number of urea groups is 1. The van der Waals surface area contributed by atoms with Crippen molar-refractivity contribution in [3.8, 4) is 0 Å². The van der Waals surface area contributed by atoms with Gasteiger partial charge in [-0.1, -0.05) is 11.8 Å². The Morgan fingerprint density at radius 3 is 2.81 bits per heavy atom. The van der Waals surface area contributed by atoms with Crippen molar-refractivity contribution in [1.82, 2.24) is 15.4 Å². The van der Waals surface area contributed by atoms with Gasteiger partial charge in [0.1, 0.15) is 0 Å². The van der Waals surface area contributed by atoms with E-state index in [1.165, 1.54) is 11.8 Å². The molecule has 2 amide bonds. The topological polar surface area (TPSA) is 93.3 Å². The number of nitrogens with zero attached hydrogens (tertiary/aromatic N) is 3. The van der Waals surface area contributed by atoms with Gasteiger partial charge in [-0.2, -0.15) is 5.10 Å². The average Bonchev–Trinajstić information content (AvgIpc) is 2.25. The van der Waals surface area contributed by atoms with Crippen LogP contribution in [-0.2, 0) is 0 Å². The number of hydrazone groups is 1. The summed E-state index contributed by atoms with van der Waals surface area (Å²) in [4.78, 5) is 18.9. The summed E-state index contributed by atoms with van der Waals surface area (Å²) in [6.07, 6.45) is 3.58. The molecule has 0 aliphatic rings. The number of hydrogen-bond acceptors (Lipinski definition) is 5. The van der Waals surface area contributed by atoms with Gasteiger partial charge in [-0.25, -0.2) is 20.2 Å². The zero-order chi connectivity index (χ0) is 12.1. The van der Waals surface area contributed by atoms with Gasteiger partial charge in [0.05, 0.1) is 11.4 Å². The van der Waals surface area contributed by atoms with Crippen LogP contribution in [0.4, 0.5) is 4.79 Å². The molecule has 1 aromatic heterocycles. The minimum absolute atomic E-state index is 0.615. The van der Waals surface area contributed by atoms with E-state index in [1.807, 2.05) is 13.2 Å². The minimum Gasteiger partial charge on any atom is -0.350 e. The molecule has 0 aliphatic heterocycles. The first kappa shape index (κ1) is 12.4. The van der Waals surface area contributed by atoms with Crippen LogP contribution in [0.3, 0.4) is 0 Å². The Morgan fingerprint density at radius 1 is 1.62 bits per heavy atom. The summed E-state index contributed by atoms with van der Waals surface area (Å²) in [5.41, 5.74) is 9.29. The van der Waals surface area contributed by atoms with Crippen LogP contribution in [0.1, 0.15) is 18.2 Å². The number of nitrogens with two attached hydrogens (primary N) is 1. The zero-order valence-corrected chi connectivity index (χ0v) is 10.1. The van der Waals surface area contributed by atoms with Crippen molar-refractivity contribution in [3.05, 3.63) is 17.5 Å². The molecule has 0 aliphatic carbocycles. The third kappa shape index (κ3) is 3.20. The SMILES string of the molecule is CSc1ncc(/C(C)=N/NC(N)=O)c(C)n1. The summed E-state index contributed by atoms with van der Waals surface area (Å²) in [5, 5.41) is 4.52. The molecule has 0 aromatic carbocycles. The maximum Gasteiger partial charge on any atom is 0.332 e. The quantitative estimate of drug-likeness (QED) is 0.354. The largest absolute Gasteiger partial charge is 0.350 e. The summed E-state index contributed by atoms with van der Waals surface area (Å²) in [6.45, 7) is 3.61. The van der Waals surface area contributed by atoms with Crippen molar-refractivity contribution in [2.75, 3.05) is 6.26 Å². The van der Waals surface area contributed by atoms with Gasteiger partial charge in [0, 0.05) is 11.8 Å². The molecular formula is C9H13N5OS. The second-order valence-electron chi connectivity index (χ2n) is 3.03. The van der Waals surface area contributed by atoms with Crippen LogP contribution in [0.25, 0.3) is 0 Å². The monoisotopic (exact) mass is 239 g/mol. The van der Waals surface area contributed by atoms with Gasteiger partial charge >= 0.3 is 6.03 Å². The second-order valence-corrected chi connectivity index (χ2v) is 3.80. The Kier molecular flexibility index (Phi) is 4.24. The molecular weight excluding hydrogens is 226 g/mol. The fourth-order valence-corrected chi connectivity index (χ4v) is 1.48. The Balaban J connectivity index is 2.95. The van der Waals surface area contributed by atoms with Crippen LogP contribution in [0.15, 0.2) is 16.5 Å². The van der Waals surface area contributed by atoms with Crippen LogP contribution in [0.2, 0.25) is 0 Å². The van der Waals surface area contributed by atoms with Gasteiger partial charge in [-0.15, -0.1) is 0 Å². The van der Waals surface area contributed by atoms with E-state index in [0.717, 1.165) is 11.3 Å². The molecule has 0 saturated heterocycles. The lowest BCUT2D eigenvalue weighted by Gasteiger charge is -2.05. The lowest BCUT2D eigenvalue weighted by atomic mass is 10.2. The average molecular weight is 239 g/mol. The van der Waals surface area contributed by atoms with Crippen LogP contribution in [0.5, 0.6) is 0 Å². The highest BCUT2D eigenvalue weighted by atomic mass is 32.2. The van der Waals surface area contributed by atoms with Gasteiger partial charge in [0.15, 0.2) is 5.16 Å². The molecule has 1 aromatic rings. The van der Waals surface area contributed by atoms with Gasteiger partial charge in [0.2, 0.25) is 0 Å². The zero-order valence-electron chi connectivity index (χ0n) is 9.31. The Labute approximate surface area is 97.7 Å². The predicted molar refractivity (Wildman–Crippen MR) is 63.5 cm³/mol. The molecule has 16 heavy (non-hydrogen) atoms. The van der Waals surface area contributed by atoms with E-state index in [9.17, 15) is 4.79 Å². The number of aromatic nitrogens is 2. The first-order chi connectivity index (χ1) is 7.54. The highest BCUT2D eigenvalue weighted by Gasteiger charge is 2.06. The minimum atomic E-state index is -0.696. The Hall–Kier alpha value is -1.63. The molecule has 7 heteroatoms. The third-order valence-corrected chi connectivity index (χ3v) is 2.43. The molecule has 0 spiro atoms. The van der Waals surface area contributed by atoms with Crippen molar-refractivity contribution >= 4 is 23.5 Å². The number of nitrogens with one attached hydrogen (secondary N) is 1. The van der Waals surface area contributed by atoms with Crippen LogP contribution in [-0.4, -0.2) is 28.0 Å². The number of primary amides is 1. The van der Waals surface area contributed by atoms with E-state index < -0.39 is 6.03 Å². The van der Waals surface area contributed by atoms with Crippen molar-refractivity contribution < 1.29 is 4.79 Å². The van der Waals surface area contributed by atoms with E-state index >= 15 is 0 Å². The molecule has 1 rings (SSSR count). The molecule has 0 atom stereocenters. The van der Waals surface area contributed by atoms with E-state index in [-0.39, 0.29) is 0 Å². The molecule has 0 bridgehead atoms. The maximum absolute atomic E-state index is 10.5. The Morgan fingerprint density at radius 2 is 2.31 bits per heavy atom. The summed E-state index contributed by atoms with van der Waals surface area (Å²) in [7, 11) is 0. The lowest BCUT2D eigenvalue weighted by Crippen LogP contribution is -2.25.